The molecule has 1 aromatic carbocycles. The van der Waals surface area contributed by atoms with Crippen molar-refractivity contribution >= 4 is 23.4 Å². The first kappa shape index (κ1) is 13.3. The number of carbonyl (C=O) groups is 1. The normalized spacial score (nSPS) is 17.1. The van der Waals surface area contributed by atoms with E-state index in [-0.39, 0.29) is 5.91 Å². The minimum absolute atomic E-state index is 0.166. The van der Waals surface area contributed by atoms with E-state index in [0.717, 1.165) is 25.3 Å². The Labute approximate surface area is 113 Å². The maximum Gasteiger partial charge on any atom is 0.220 e. The molecule has 0 bridgehead atoms. The molecule has 3 nitrogen and oxygen atoms in total. The predicted molar refractivity (Wildman–Crippen MR) is 78.3 cm³/mol. The highest BCUT2D eigenvalue weighted by Gasteiger charge is 2.23. The van der Waals surface area contributed by atoms with Crippen LogP contribution in [0.25, 0.3) is 0 Å². The highest BCUT2D eigenvalue weighted by molar-refractivity contribution is 7.98. The summed E-state index contributed by atoms with van der Waals surface area (Å²) in [6, 6.07) is 8.25. The Morgan fingerprint density at radius 3 is 3.17 bits per heavy atom. The second-order valence-corrected chi connectivity index (χ2v) is 5.55. The van der Waals surface area contributed by atoms with Crippen LogP contribution in [-0.4, -0.2) is 31.0 Å². The molecule has 1 aliphatic rings. The van der Waals surface area contributed by atoms with Gasteiger partial charge in [0.15, 0.2) is 0 Å². The van der Waals surface area contributed by atoms with Gasteiger partial charge in [0.2, 0.25) is 5.91 Å². The SMILES string of the molecule is CSCCCNC(=O)CC1CNc2ccccc21. The Morgan fingerprint density at radius 2 is 2.33 bits per heavy atom. The van der Waals surface area contributed by atoms with Crippen LogP contribution >= 0.6 is 11.8 Å². The third-order valence-corrected chi connectivity index (χ3v) is 3.92. The molecule has 0 saturated carbocycles. The van der Waals surface area contributed by atoms with Gasteiger partial charge in [-0.25, -0.2) is 0 Å². The third kappa shape index (κ3) is 3.42. The number of hydrogen-bond acceptors (Lipinski definition) is 3. The fourth-order valence-electron chi connectivity index (χ4n) is 2.28. The molecule has 1 amide bonds. The van der Waals surface area contributed by atoms with Gasteiger partial charge in [-0.3, -0.25) is 4.79 Å². The molecule has 4 heteroatoms. The lowest BCUT2D eigenvalue weighted by Gasteiger charge is -2.10. The summed E-state index contributed by atoms with van der Waals surface area (Å²) in [5.74, 6) is 1.59. The van der Waals surface area contributed by atoms with Crippen LogP contribution in [0.5, 0.6) is 0 Å². The molecule has 0 radical (unpaired) electrons. The number of benzene rings is 1. The minimum atomic E-state index is 0.166. The molecule has 0 spiro atoms. The van der Waals surface area contributed by atoms with Crippen molar-refractivity contribution in [2.45, 2.75) is 18.8 Å². The van der Waals surface area contributed by atoms with E-state index in [2.05, 4.69) is 29.0 Å². The number of carbonyl (C=O) groups excluding carboxylic acids is 1. The summed E-state index contributed by atoms with van der Waals surface area (Å²) in [7, 11) is 0. The number of fused-ring (bicyclic) bond motifs is 1. The fourth-order valence-corrected chi connectivity index (χ4v) is 2.71. The first-order chi connectivity index (χ1) is 8.81. The number of thioether (sulfide) groups is 1. The number of nitrogens with one attached hydrogen (secondary N) is 2. The second-order valence-electron chi connectivity index (χ2n) is 4.57. The zero-order chi connectivity index (χ0) is 12.8. The summed E-state index contributed by atoms with van der Waals surface area (Å²) in [5.41, 5.74) is 2.45. The van der Waals surface area contributed by atoms with Crippen LogP contribution in [0.2, 0.25) is 0 Å². The Hall–Kier alpha value is -1.16. The summed E-state index contributed by atoms with van der Waals surface area (Å²) in [5, 5.41) is 6.34. The Kier molecular flexibility index (Phi) is 4.93. The second kappa shape index (κ2) is 6.69. The summed E-state index contributed by atoms with van der Waals surface area (Å²) in [6.45, 7) is 1.67. The third-order valence-electron chi connectivity index (χ3n) is 3.22. The van der Waals surface area contributed by atoms with Crippen LogP contribution in [0.4, 0.5) is 5.69 Å². The fraction of sp³-hybridized carbons (Fsp3) is 0.500. The topological polar surface area (TPSA) is 41.1 Å². The molecule has 98 valence electrons. The van der Waals surface area contributed by atoms with Gasteiger partial charge in [0.25, 0.3) is 0 Å². The van der Waals surface area contributed by atoms with Crippen LogP contribution in [0.1, 0.15) is 24.3 Å². The quantitative estimate of drug-likeness (QED) is 0.776. The molecule has 1 atom stereocenters. The molecule has 0 aliphatic carbocycles. The van der Waals surface area contributed by atoms with Crippen LogP contribution in [0, 0.1) is 0 Å². The Balaban J connectivity index is 1.79. The van der Waals surface area contributed by atoms with E-state index < -0.39 is 0 Å². The predicted octanol–water partition coefficient (Wildman–Crippen LogP) is 2.46. The molecule has 1 aromatic rings. The van der Waals surface area contributed by atoms with E-state index in [1.807, 2.05) is 23.9 Å². The van der Waals surface area contributed by atoms with Gasteiger partial charge in [-0.2, -0.15) is 11.8 Å². The average Bonchev–Trinajstić information content (AvgIpc) is 2.78. The maximum absolute atomic E-state index is 11.8. The lowest BCUT2D eigenvalue weighted by Crippen LogP contribution is -2.26. The molecule has 0 fully saturated rings. The maximum atomic E-state index is 11.8. The molecule has 1 unspecified atom stereocenters. The highest BCUT2D eigenvalue weighted by Crippen LogP contribution is 2.32. The van der Waals surface area contributed by atoms with E-state index in [4.69, 9.17) is 0 Å². The van der Waals surface area contributed by atoms with Gasteiger partial charge < -0.3 is 10.6 Å². The van der Waals surface area contributed by atoms with Crippen LogP contribution in [0.3, 0.4) is 0 Å². The first-order valence-corrected chi connectivity index (χ1v) is 7.79. The molecular formula is C14H20N2OS. The van der Waals surface area contributed by atoms with Gasteiger partial charge in [-0.15, -0.1) is 0 Å². The number of amides is 1. The van der Waals surface area contributed by atoms with Crippen molar-refractivity contribution in [3.8, 4) is 0 Å². The minimum Gasteiger partial charge on any atom is -0.384 e. The average molecular weight is 264 g/mol. The molecule has 0 aromatic heterocycles. The summed E-state index contributed by atoms with van der Waals surface area (Å²) in [4.78, 5) is 11.8. The van der Waals surface area contributed by atoms with Gasteiger partial charge in [0.05, 0.1) is 0 Å². The summed E-state index contributed by atoms with van der Waals surface area (Å²) < 4.78 is 0. The molecule has 2 rings (SSSR count). The van der Waals surface area contributed by atoms with E-state index in [9.17, 15) is 4.79 Å². The zero-order valence-corrected chi connectivity index (χ0v) is 11.6. The van der Waals surface area contributed by atoms with Gasteiger partial charge in [-0.05, 0) is 30.1 Å². The standard InChI is InChI=1S/C14H20N2OS/c1-18-8-4-7-15-14(17)9-11-10-16-13-6-3-2-5-12(11)13/h2-3,5-6,11,16H,4,7-10H2,1H3,(H,15,17). The smallest absolute Gasteiger partial charge is 0.220 e. The van der Waals surface area contributed by atoms with Gasteiger partial charge in [-0.1, -0.05) is 18.2 Å². The van der Waals surface area contributed by atoms with Crippen molar-refractivity contribution in [1.82, 2.24) is 5.32 Å². The van der Waals surface area contributed by atoms with Crippen molar-refractivity contribution in [3.05, 3.63) is 29.8 Å². The van der Waals surface area contributed by atoms with Crippen molar-refractivity contribution in [3.63, 3.8) is 0 Å². The largest absolute Gasteiger partial charge is 0.384 e. The van der Waals surface area contributed by atoms with Crippen molar-refractivity contribution in [2.75, 3.05) is 30.4 Å². The molecule has 18 heavy (non-hydrogen) atoms. The summed E-state index contributed by atoms with van der Waals surface area (Å²) >= 11 is 1.82. The molecule has 2 N–H and O–H groups in total. The van der Waals surface area contributed by atoms with Crippen LogP contribution < -0.4 is 10.6 Å². The highest BCUT2D eigenvalue weighted by atomic mass is 32.2. The van der Waals surface area contributed by atoms with E-state index >= 15 is 0 Å². The molecular weight excluding hydrogens is 244 g/mol. The lowest BCUT2D eigenvalue weighted by molar-refractivity contribution is -0.121. The van der Waals surface area contributed by atoms with Gasteiger partial charge in [0.1, 0.15) is 0 Å². The van der Waals surface area contributed by atoms with Crippen molar-refractivity contribution < 1.29 is 4.79 Å². The van der Waals surface area contributed by atoms with E-state index in [1.165, 1.54) is 11.3 Å². The molecule has 0 saturated heterocycles. The zero-order valence-electron chi connectivity index (χ0n) is 10.7. The molecule has 1 heterocycles. The number of para-hydroxylation sites is 1. The number of anilines is 1. The first-order valence-electron chi connectivity index (χ1n) is 6.39. The Bertz CT molecular complexity index is 409. The monoisotopic (exact) mass is 264 g/mol. The molecule has 1 aliphatic heterocycles. The number of rotatable bonds is 6. The van der Waals surface area contributed by atoms with Crippen molar-refractivity contribution in [1.29, 1.82) is 0 Å². The number of hydrogen-bond donors (Lipinski definition) is 2. The van der Waals surface area contributed by atoms with Gasteiger partial charge >= 0.3 is 0 Å². The van der Waals surface area contributed by atoms with E-state index in [1.54, 1.807) is 0 Å². The van der Waals surface area contributed by atoms with Crippen molar-refractivity contribution in [2.24, 2.45) is 0 Å². The van der Waals surface area contributed by atoms with Crippen LogP contribution in [-0.2, 0) is 4.79 Å². The lowest BCUT2D eigenvalue weighted by atomic mass is 9.97. The summed E-state index contributed by atoms with van der Waals surface area (Å²) in [6.07, 6.45) is 3.72. The van der Waals surface area contributed by atoms with Crippen LogP contribution in [0.15, 0.2) is 24.3 Å². The van der Waals surface area contributed by atoms with E-state index in [0.29, 0.717) is 12.3 Å². The Morgan fingerprint density at radius 1 is 1.50 bits per heavy atom. The van der Waals surface area contributed by atoms with Gasteiger partial charge in [0, 0.05) is 31.1 Å².